The van der Waals surface area contributed by atoms with Crippen LogP contribution in [0.1, 0.15) is 19.3 Å². The number of esters is 1. The van der Waals surface area contributed by atoms with E-state index in [1.807, 2.05) is 0 Å². The highest BCUT2D eigenvalue weighted by molar-refractivity contribution is 5.71. The van der Waals surface area contributed by atoms with Gasteiger partial charge in [0.1, 0.15) is 6.61 Å². The Balaban J connectivity index is 3.89. The molecule has 0 rings (SSSR count). The van der Waals surface area contributed by atoms with Crippen LogP contribution < -0.4 is 0 Å². The van der Waals surface area contributed by atoms with Crippen molar-refractivity contribution in [2.24, 2.45) is 0 Å². The summed E-state index contributed by atoms with van der Waals surface area (Å²) < 4.78 is 25.4. The van der Waals surface area contributed by atoms with Gasteiger partial charge in [0.05, 0.1) is 26.4 Å². The molecule has 0 aliphatic carbocycles. The van der Waals surface area contributed by atoms with Gasteiger partial charge < -0.3 is 28.8 Å². The highest BCUT2D eigenvalue weighted by atomic mass is 16.7. The van der Waals surface area contributed by atoms with Crippen molar-refractivity contribution in [3.05, 3.63) is 0 Å². The summed E-state index contributed by atoms with van der Waals surface area (Å²) in [7, 11) is 3.10. The van der Waals surface area contributed by atoms with E-state index in [1.165, 1.54) is 0 Å². The average Bonchev–Trinajstić information content (AvgIpc) is 2.44. The zero-order valence-electron chi connectivity index (χ0n) is 12.5. The molecule has 0 fully saturated rings. The van der Waals surface area contributed by atoms with Gasteiger partial charge in [-0.2, -0.15) is 0 Å². The number of aliphatic carboxylic acids is 1. The van der Waals surface area contributed by atoms with Gasteiger partial charge in [-0.25, -0.2) is 0 Å². The lowest BCUT2D eigenvalue weighted by molar-refractivity contribution is -0.188. The summed E-state index contributed by atoms with van der Waals surface area (Å²) in [4.78, 5) is 21.7. The Labute approximate surface area is 124 Å². The fourth-order valence-corrected chi connectivity index (χ4v) is 1.29. The highest BCUT2D eigenvalue weighted by Gasteiger charge is 2.13. The maximum absolute atomic E-state index is 11.4. The first-order valence-electron chi connectivity index (χ1n) is 6.68. The Kier molecular flexibility index (Phi) is 13.0. The lowest BCUT2D eigenvalue weighted by Crippen LogP contribution is -2.28. The van der Waals surface area contributed by atoms with Gasteiger partial charge in [-0.3, -0.25) is 9.59 Å². The SMILES string of the molecule is COCCOC(COC(=O)CCCC(=O)O)OCCOC. The third-order valence-electron chi connectivity index (χ3n) is 2.33. The van der Waals surface area contributed by atoms with E-state index in [1.54, 1.807) is 14.2 Å². The zero-order valence-corrected chi connectivity index (χ0v) is 12.5. The van der Waals surface area contributed by atoms with E-state index in [4.69, 9.17) is 28.8 Å². The van der Waals surface area contributed by atoms with E-state index in [-0.39, 0.29) is 25.9 Å². The maximum atomic E-state index is 11.4. The first-order valence-corrected chi connectivity index (χ1v) is 6.68. The van der Waals surface area contributed by atoms with Crippen molar-refractivity contribution < 1.29 is 38.4 Å². The number of carboxylic acid groups (broad SMARTS) is 1. The van der Waals surface area contributed by atoms with E-state index in [9.17, 15) is 9.59 Å². The Morgan fingerprint density at radius 2 is 1.52 bits per heavy atom. The second-order valence-electron chi connectivity index (χ2n) is 4.09. The molecule has 0 aliphatic rings. The van der Waals surface area contributed by atoms with Gasteiger partial charge in [-0.05, 0) is 6.42 Å². The van der Waals surface area contributed by atoms with Gasteiger partial charge in [-0.1, -0.05) is 0 Å². The van der Waals surface area contributed by atoms with Gasteiger partial charge in [-0.15, -0.1) is 0 Å². The van der Waals surface area contributed by atoms with Crippen LogP contribution in [0.15, 0.2) is 0 Å². The minimum Gasteiger partial charge on any atom is -0.481 e. The maximum Gasteiger partial charge on any atom is 0.305 e. The Morgan fingerprint density at radius 1 is 0.952 bits per heavy atom. The largest absolute Gasteiger partial charge is 0.481 e. The van der Waals surface area contributed by atoms with Crippen molar-refractivity contribution in [1.82, 2.24) is 0 Å². The number of carbonyl (C=O) groups is 2. The summed E-state index contributed by atoms with van der Waals surface area (Å²) in [5.41, 5.74) is 0. The first kappa shape index (κ1) is 19.8. The van der Waals surface area contributed by atoms with Crippen LogP contribution in [0, 0.1) is 0 Å². The van der Waals surface area contributed by atoms with Crippen LogP contribution in [0.3, 0.4) is 0 Å². The molecule has 0 aromatic rings. The topological polar surface area (TPSA) is 101 Å². The third kappa shape index (κ3) is 13.5. The van der Waals surface area contributed by atoms with E-state index < -0.39 is 18.2 Å². The van der Waals surface area contributed by atoms with Crippen LogP contribution in [0.25, 0.3) is 0 Å². The molecule has 0 aromatic heterocycles. The van der Waals surface area contributed by atoms with Gasteiger partial charge in [0.15, 0.2) is 6.29 Å². The molecule has 0 saturated heterocycles. The number of rotatable bonds is 14. The molecule has 0 bridgehead atoms. The van der Waals surface area contributed by atoms with E-state index in [0.29, 0.717) is 26.4 Å². The molecule has 1 N–H and O–H groups in total. The zero-order chi connectivity index (χ0) is 15.9. The molecular formula is C13H24O8. The predicted octanol–water partition coefficient (Wildman–Crippen LogP) is 0.437. The quantitative estimate of drug-likeness (QED) is 0.280. The second-order valence-corrected chi connectivity index (χ2v) is 4.09. The molecule has 21 heavy (non-hydrogen) atoms. The summed E-state index contributed by atoms with van der Waals surface area (Å²) >= 11 is 0. The summed E-state index contributed by atoms with van der Waals surface area (Å²) in [6, 6.07) is 0. The molecule has 0 aliphatic heterocycles. The van der Waals surface area contributed by atoms with Crippen LogP contribution in [0.2, 0.25) is 0 Å². The standard InChI is InChI=1S/C13H24O8/c1-17-6-8-19-13(20-9-7-18-2)10-21-12(16)5-3-4-11(14)15/h13H,3-10H2,1-2H3,(H,14,15). The fraction of sp³-hybridized carbons (Fsp3) is 0.846. The Bertz CT molecular complexity index is 271. The van der Waals surface area contributed by atoms with E-state index in [0.717, 1.165) is 0 Å². The van der Waals surface area contributed by atoms with Crippen LogP contribution in [-0.2, 0) is 33.3 Å². The van der Waals surface area contributed by atoms with Crippen LogP contribution in [-0.4, -0.2) is 70.6 Å². The van der Waals surface area contributed by atoms with Crippen molar-refractivity contribution in [2.75, 3.05) is 47.3 Å². The lowest BCUT2D eigenvalue weighted by atomic mass is 10.2. The monoisotopic (exact) mass is 308 g/mol. The summed E-state index contributed by atoms with van der Waals surface area (Å²) in [6.07, 6.45) is -0.463. The lowest BCUT2D eigenvalue weighted by Gasteiger charge is -2.18. The molecule has 0 atom stereocenters. The number of hydrogen-bond acceptors (Lipinski definition) is 7. The molecule has 8 nitrogen and oxygen atoms in total. The van der Waals surface area contributed by atoms with Crippen LogP contribution in [0.5, 0.6) is 0 Å². The van der Waals surface area contributed by atoms with Crippen LogP contribution in [0.4, 0.5) is 0 Å². The fourth-order valence-electron chi connectivity index (χ4n) is 1.29. The number of carboxylic acids is 1. The number of ether oxygens (including phenoxy) is 5. The summed E-state index contributed by atoms with van der Waals surface area (Å²) in [5, 5.41) is 8.47. The smallest absolute Gasteiger partial charge is 0.305 e. The number of hydrogen-bond donors (Lipinski definition) is 1. The van der Waals surface area contributed by atoms with Crippen molar-refractivity contribution >= 4 is 11.9 Å². The Morgan fingerprint density at radius 3 is 2.00 bits per heavy atom. The van der Waals surface area contributed by atoms with Crippen molar-refractivity contribution in [3.63, 3.8) is 0 Å². The minimum absolute atomic E-state index is 0.0508. The van der Waals surface area contributed by atoms with Crippen molar-refractivity contribution in [3.8, 4) is 0 Å². The first-order chi connectivity index (χ1) is 10.1. The van der Waals surface area contributed by atoms with Crippen molar-refractivity contribution in [1.29, 1.82) is 0 Å². The molecule has 8 heteroatoms. The molecule has 0 aromatic carbocycles. The Hall–Kier alpha value is -1.22. The molecule has 0 amide bonds. The molecule has 124 valence electrons. The highest BCUT2D eigenvalue weighted by Crippen LogP contribution is 2.02. The van der Waals surface area contributed by atoms with Gasteiger partial charge in [0.25, 0.3) is 0 Å². The third-order valence-corrected chi connectivity index (χ3v) is 2.33. The summed E-state index contributed by atoms with van der Waals surface area (Å²) in [6.45, 7) is 1.36. The van der Waals surface area contributed by atoms with Crippen LogP contribution >= 0.6 is 0 Å². The van der Waals surface area contributed by atoms with E-state index in [2.05, 4.69) is 0 Å². The molecule has 0 saturated carbocycles. The molecule has 0 heterocycles. The average molecular weight is 308 g/mol. The minimum atomic E-state index is -0.938. The predicted molar refractivity (Wildman–Crippen MR) is 71.9 cm³/mol. The van der Waals surface area contributed by atoms with Crippen molar-refractivity contribution in [2.45, 2.75) is 25.6 Å². The summed E-state index contributed by atoms with van der Waals surface area (Å²) in [5.74, 6) is -1.42. The number of carbonyl (C=O) groups excluding carboxylic acids is 1. The van der Waals surface area contributed by atoms with Gasteiger partial charge in [0, 0.05) is 27.1 Å². The normalized spacial score (nSPS) is 10.8. The molecular weight excluding hydrogens is 284 g/mol. The number of methoxy groups -OCH3 is 2. The molecule has 0 radical (unpaired) electrons. The van der Waals surface area contributed by atoms with Gasteiger partial charge >= 0.3 is 11.9 Å². The van der Waals surface area contributed by atoms with E-state index >= 15 is 0 Å². The molecule has 0 unspecified atom stereocenters. The second kappa shape index (κ2) is 13.7. The molecule has 0 spiro atoms. The van der Waals surface area contributed by atoms with Gasteiger partial charge in [0.2, 0.25) is 0 Å².